The molecule has 1 aliphatic heterocycles. The zero-order chi connectivity index (χ0) is 21.1. The first kappa shape index (κ1) is 19.5. The molecule has 0 atom stereocenters. The summed E-state index contributed by atoms with van der Waals surface area (Å²) < 4.78 is 5.82. The third-order valence-corrected chi connectivity index (χ3v) is 6.26. The van der Waals surface area contributed by atoms with Crippen LogP contribution < -0.4 is 10.2 Å². The van der Waals surface area contributed by atoms with Crippen molar-refractivity contribution in [1.82, 2.24) is 15.2 Å². The van der Waals surface area contributed by atoms with E-state index in [4.69, 9.17) is 4.74 Å². The Kier molecular flexibility index (Phi) is 5.24. The first-order chi connectivity index (χ1) is 15.2. The van der Waals surface area contributed by atoms with Crippen LogP contribution in [0.1, 0.15) is 25.7 Å². The van der Waals surface area contributed by atoms with E-state index in [0.717, 1.165) is 43.6 Å². The lowest BCUT2D eigenvalue weighted by molar-refractivity contribution is 0.0148. The van der Waals surface area contributed by atoms with Crippen molar-refractivity contribution >= 4 is 17.7 Å². The molecule has 1 saturated carbocycles. The number of rotatable bonds is 5. The van der Waals surface area contributed by atoms with Crippen molar-refractivity contribution in [2.75, 3.05) is 23.3 Å². The Morgan fingerprint density at radius 1 is 1.03 bits per heavy atom. The van der Waals surface area contributed by atoms with Gasteiger partial charge in [-0.25, -0.2) is 9.78 Å². The van der Waals surface area contributed by atoms with Crippen LogP contribution in [0.5, 0.6) is 0 Å². The Morgan fingerprint density at radius 3 is 2.65 bits per heavy atom. The van der Waals surface area contributed by atoms with Gasteiger partial charge in [-0.15, -0.1) is 5.10 Å². The summed E-state index contributed by atoms with van der Waals surface area (Å²) in [6, 6.07) is 18.0. The van der Waals surface area contributed by atoms with Gasteiger partial charge in [0, 0.05) is 18.9 Å². The maximum Gasteiger partial charge on any atom is 0.416 e. The summed E-state index contributed by atoms with van der Waals surface area (Å²) in [6.07, 6.45) is 6.86. The highest BCUT2D eigenvalue weighted by atomic mass is 16.6. The van der Waals surface area contributed by atoms with Crippen LogP contribution in [-0.4, -0.2) is 40.0 Å². The van der Waals surface area contributed by atoms with Crippen molar-refractivity contribution < 1.29 is 9.53 Å². The highest BCUT2D eigenvalue weighted by Gasteiger charge is 2.48. The van der Waals surface area contributed by atoms with Crippen molar-refractivity contribution in [3.8, 4) is 11.1 Å². The normalized spacial score (nSPS) is 23.0. The first-order valence-corrected chi connectivity index (χ1v) is 10.7. The van der Waals surface area contributed by atoms with Gasteiger partial charge in [-0.2, -0.15) is 5.10 Å². The molecular weight excluding hydrogens is 390 g/mol. The van der Waals surface area contributed by atoms with Crippen molar-refractivity contribution in [1.29, 1.82) is 0 Å². The Balaban J connectivity index is 1.16. The summed E-state index contributed by atoms with van der Waals surface area (Å²) in [7, 11) is 0. The van der Waals surface area contributed by atoms with Crippen LogP contribution in [0.3, 0.4) is 0 Å². The number of ether oxygens (including phenoxy) is 1. The van der Waals surface area contributed by atoms with Gasteiger partial charge in [-0.05, 0) is 67.0 Å². The van der Waals surface area contributed by atoms with E-state index in [-0.39, 0.29) is 6.09 Å². The number of pyridine rings is 1. The van der Waals surface area contributed by atoms with Crippen LogP contribution in [0.15, 0.2) is 67.0 Å². The van der Waals surface area contributed by atoms with E-state index >= 15 is 0 Å². The van der Waals surface area contributed by atoms with Gasteiger partial charge in [-0.3, -0.25) is 4.90 Å². The summed E-state index contributed by atoms with van der Waals surface area (Å²) in [4.78, 5) is 18.5. The molecule has 1 N–H and O–H groups in total. The van der Waals surface area contributed by atoms with Crippen LogP contribution in [0.4, 0.5) is 16.4 Å². The predicted octanol–water partition coefficient (Wildman–Crippen LogP) is 4.54. The molecule has 1 aliphatic carbocycles. The van der Waals surface area contributed by atoms with E-state index in [9.17, 15) is 4.79 Å². The number of amides is 1. The van der Waals surface area contributed by atoms with Crippen molar-refractivity contribution in [3.05, 3.63) is 67.0 Å². The number of aromatic nitrogens is 3. The molecule has 31 heavy (non-hydrogen) atoms. The monoisotopic (exact) mass is 415 g/mol. The second-order valence-corrected chi connectivity index (χ2v) is 8.34. The van der Waals surface area contributed by atoms with Gasteiger partial charge in [0.2, 0.25) is 0 Å². The molecule has 1 aromatic carbocycles. The van der Waals surface area contributed by atoms with Gasteiger partial charge in [0.25, 0.3) is 0 Å². The summed E-state index contributed by atoms with van der Waals surface area (Å²) >= 11 is 0. The largest absolute Gasteiger partial charge is 0.441 e. The average Bonchev–Trinajstić information content (AvgIpc) is 3.16. The van der Waals surface area contributed by atoms with Gasteiger partial charge in [0.1, 0.15) is 11.4 Å². The smallest absolute Gasteiger partial charge is 0.416 e. The fraction of sp³-hybridized carbons (Fsp3) is 0.333. The fourth-order valence-corrected chi connectivity index (χ4v) is 4.49. The van der Waals surface area contributed by atoms with Crippen molar-refractivity contribution in [2.24, 2.45) is 5.92 Å². The predicted molar refractivity (Wildman–Crippen MR) is 119 cm³/mol. The lowest BCUT2D eigenvalue weighted by atomic mass is 9.78. The Morgan fingerprint density at radius 2 is 1.87 bits per heavy atom. The second-order valence-electron chi connectivity index (χ2n) is 8.34. The summed E-state index contributed by atoms with van der Waals surface area (Å²) in [5.41, 5.74) is 1.93. The minimum Gasteiger partial charge on any atom is -0.441 e. The molecular formula is C24H25N5O2. The third kappa shape index (κ3) is 4.21. The van der Waals surface area contributed by atoms with Crippen LogP contribution in [0.2, 0.25) is 0 Å². The molecule has 3 aromatic rings. The number of nitrogens with zero attached hydrogens (tertiary/aromatic N) is 4. The van der Waals surface area contributed by atoms with Gasteiger partial charge in [-0.1, -0.05) is 30.3 Å². The molecule has 0 bridgehead atoms. The van der Waals surface area contributed by atoms with Gasteiger partial charge in [0.15, 0.2) is 5.82 Å². The molecule has 7 nitrogen and oxygen atoms in total. The van der Waals surface area contributed by atoms with E-state index in [1.165, 1.54) is 5.56 Å². The molecule has 1 spiro atoms. The van der Waals surface area contributed by atoms with E-state index < -0.39 is 5.60 Å². The quantitative estimate of drug-likeness (QED) is 0.659. The average molecular weight is 415 g/mol. The SMILES string of the molecule is O=C1OC2(CCC(CNc3cc(-c4ccccc4)ccn3)CC2)CN1c1cccnn1. The zero-order valence-electron chi connectivity index (χ0n) is 17.3. The molecule has 0 radical (unpaired) electrons. The zero-order valence-corrected chi connectivity index (χ0v) is 17.3. The maximum atomic E-state index is 12.4. The van der Waals surface area contributed by atoms with Gasteiger partial charge < -0.3 is 10.1 Å². The van der Waals surface area contributed by atoms with Gasteiger partial charge in [0.05, 0.1) is 6.54 Å². The van der Waals surface area contributed by atoms with E-state index in [2.05, 4.69) is 38.7 Å². The number of anilines is 2. The highest BCUT2D eigenvalue weighted by Crippen LogP contribution is 2.40. The van der Waals surface area contributed by atoms with Crippen LogP contribution >= 0.6 is 0 Å². The van der Waals surface area contributed by atoms with Crippen LogP contribution in [0.25, 0.3) is 11.1 Å². The van der Waals surface area contributed by atoms with Gasteiger partial charge >= 0.3 is 6.09 Å². The summed E-state index contributed by atoms with van der Waals surface area (Å²) in [5.74, 6) is 1.97. The third-order valence-electron chi connectivity index (χ3n) is 6.26. The number of carbonyl (C=O) groups excluding carboxylic acids is 1. The Bertz CT molecular complexity index is 1040. The minimum atomic E-state index is -0.406. The molecule has 5 rings (SSSR count). The molecule has 2 aliphatic rings. The lowest BCUT2D eigenvalue weighted by Gasteiger charge is -2.35. The molecule has 0 unspecified atom stereocenters. The molecule has 3 heterocycles. The number of nitrogens with one attached hydrogen (secondary N) is 1. The van der Waals surface area contributed by atoms with E-state index in [1.54, 1.807) is 23.2 Å². The molecule has 1 saturated heterocycles. The number of benzene rings is 1. The number of hydrogen-bond donors (Lipinski definition) is 1. The van der Waals surface area contributed by atoms with Crippen LogP contribution in [0, 0.1) is 5.92 Å². The number of carbonyl (C=O) groups is 1. The minimum absolute atomic E-state index is 0.320. The topological polar surface area (TPSA) is 80.2 Å². The molecule has 2 aromatic heterocycles. The maximum absolute atomic E-state index is 12.4. The standard InChI is InChI=1S/C24H25N5O2/c30-23-29(22-7-4-13-27-28-22)17-24(31-23)11-8-18(9-12-24)16-26-21-15-20(10-14-25-21)19-5-2-1-3-6-19/h1-7,10,13-15,18H,8-9,11-12,16-17H2,(H,25,26). The molecule has 7 heteroatoms. The van der Waals surface area contributed by atoms with E-state index in [0.29, 0.717) is 18.3 Å². The second kappa shape index (κ2) is 8.34. The Labute approximate surface area is 181 Å². The lowest BCUT2D eigenvalue weighted by Crippen LogP contribution is -2.39. The first-order valence-electron chi connectivity index (χ1n) is 10.7. The summed E-state index contributed by atoms with van der Waals surface area (Å²) in [6.45, 7) is 1.41. The van der Waals surface area contributed by atoms with E-state index in [1.807, 2.05) is 30.5 Å². The fourth-order valence-electron chi connectivity index (χ4n) is 4.49. The van der Waals surface area contributed by atoms with Crippen molar-refractivity contribution in [3.63, 3.8) is 0 Å². The Hall–Kier alpha value is -3.48. The number of hydrogen-bond acceptors (Lipinski definition) is 6. The molecule has 158 valence electrons. The van der Waals surface area contributed by atoms with Crippen LogP contribution in [-0.2, 0) is 4.74 Å². The summed E-state index contributed by atoms with van der Waals surface area (Å²) in [5, 5.41) is 11.4. The highest BCUT2D eigenvalue weighted by molar-refractivity contribution is 5.89. The molecule has 1 amide bonds. The molecule has 2 fully saturated rings. The van der Waals surface area contributed by atoms with Crippen molar-refractivity contribution in [2.45, 2.75) is 31.3 Å².